The Kier molecular flexibility index (Phi) is 17.7. The number of para-hydroxylation sites is 1. The van der Waals surface area contributed by atoms with Crippen molar-refractivity contribution in [2.24, 2.45) is 0 Å². The summed E-state index contributed by atoms with van der Waals surface area (Å²) < 4.78 is 36.9. The van der Waals surface area contributed by atoms with Crippen molar-refractivity contribution in [1.29, 1.82) is 0 Å². The van der Waals surface area contributed by atoms with Crippen LogP contribution in [0, 0.1) is 0 Å². The largest absolute Gasteiger partial charge is 0.427 e. The minimum absolute atomic E-state index is 0.107. The molecule has 0 spiro atoms. The van der Waals surface area contributed by atoms with Crippen LogP contribution in [0.25, 0.3) is 0 Å². The van der Waals surface area contributed by atoms with E-state index in [9.17, 15) is 4.79 Å². The van der Waals surface area contributed by atoms with Crippen LogP contribution in [0.15, 0.2) is 30.3 Å². The summed E-state index contributed by atoms with van der Waals surface area (Å²) in [5, 5.41) is 0. The van der Waals surface area contributed by atoms with Crippen LogP contribution in [0.1, 0.15) is 96.8 Å². The van der Waals surface area contributed by atoms with Crippen LogP contribution < -0.4 is 4.74 Å². The zero-order valence-corrected chi connectivity index (χ0v) is 18.5. The van der Waals surface area contributed by atoms with E-state index in [0.717, 1.165) is 12.8 Å². The molecular formula is C22H38O6S. The quantitative estimate of drug-likeness (QED) is 0.144. The summed E-state index contributed by atoms with van der Waals surface area (Å²) in [6.45, 7) is 2.27. The van der Waals surface area contributed by atoms with E-state index < -0.39 is 10.4 Å². The number of benzene rings is 1. The summed E-state index contributed by atoms with van der Waals surface area (Å²) in [4.78, 5) is 11.7. The van der Waals surface area contributed by atoms with Crippen LogP contribution in [0.4, 0.5) is 0 Å². The van der Waals surface area contributed by atoms with Gasteiger partial charge in [0, 0.05) is 6.42 Å². The Labute approximate surface area is 176 Å². The smallest absolute Gasteiger partial charge is 0.394 e. The Morgan fingerprint density at radius 3 is 1.55 bits per heavy atom. The SMILES string of the molecule is CCCCCCCCCCCCCCCC(=O)Oc1ccccc1.O=S(=O)(O)O. The van der Waals surface area contributed by atoms with Crippen molar-refractivity contribution in [1.82, 2.24) is 0 Å². The fourth-order valence-corrected chi connectivity index (χ4v) is 2.96. The molecule has 0 radical (unpaired) electrons. The molecule has 0 aromatic heterocycles. The van der Waals surface area contributed by atoms with E-state index in [4.69, 9.17) is 22.3 Å². The Balaban J connectivity index is 0.00000139. The van der Waals surface area contributed by atoms with E-state index in [1.165, 1.54) is 70.6 Å². The fraction of sp³-hybridized carbons (Fsp3) is 0.682. The average Bonchev–Trinajstić information content (AvgIpc) is 2.65. The van der Waals surface area contributed by atoms with E-state index in [0.29, 0.717) is 12.2 Å². The second-order valence-electron chi connectivity index (χ2n) is 7.23. The van der Waals surface area contributed by atoms with Gasteiger partial charge in [0.05, 0.1) is 0 Å². The summed E-state index contributed by atoms with van der Waals surface area (Å²) in [5.74, 6) is 0.543. The molecular weight excluding hydrogens is 392 g/mol. The van der Waals surface area contributed by atoms with Gasteiger partial charge in [0.25, 0.3) is 0 Å². The highest BCUT2D eigenvalue weighted by molar-refractivity contribution is 7.79. The molecule has 168 valence electrons. The Morgan fingerprint density at radius 1 is 0.759 bits per heavy atom. The van der Waals surface area contributed by atoms with E-state index in [1.807, 2.05) is 30.3 Å². The standard InChI is InChI=1S/C22H36O2.H2O4S/c1-2-3-4-5-6-7-8-9-10-11-12-13-17-20-22(23)24-21-18-15-14-16-19-21;1-5(2,3)4/h14-16,18-19H,2-13,17,20H2,1H3;(H2,1,2,3,4). The third kappa shape index (κ3) is 24.5. The molecule has 7 heteroatoms. The molecule has 0 fully saturated rings. The molecule has 29 heavy (non-hydrogen) atoms. The summed E-state index contributed by atoms with van der Waals surface area (Å²) in [5.41, 5.74) is 0. The molecule has 0 aliphatic rings. The van der Waals surface area contributed by atoms with Gasteiger partial charge in [-0.15, -0.1) is 0 Å². The first-order valence-corrected chi connectivity index (χ1v) is 12.2. The maximum absolute atomic E-state index is 11.7. The number of hydrogen-bond donors (Lipinski definition) is 2. The summed E-state index contributed by atoms with van der Waals surface area (Å²) in [6, 6.07) is 9.33. The van der Waals surface area contributed by atoms with Crippen molar-refractivity contribution in [2.75, 3.05) is 0 Å². The van der Waals surface area contributed by atoms with Gasteiger partial charge in [-0.3, -0.25) is 13.9 Å². The lowest BCUT2D eigenvalue weighted by molar-refractivity contribution is -0.134. The first-order chi connectivity index (χ1) is 13.8. The van der Waals surface area contributed by atoms with Gasteiger partial charge in [-0.1, -0.05) is 102 Å². The fourth-order valence-electron chi connectivity index (χ4n) is 2.96. The molecule has 0 aliphatic carbocycles. The van der Waals surface area contributed by atoms with Gasteiger partial charge in [0.2, 0.25) is 0 Å². The van der Waals surface area contributed by atoms with Crippen LogP contribution in [-0.4, -0.2) is 23.5 Å². The third-order valence-corrected chi connectivity index (χ3v) is 4.46. The molecule has 6 nitrogen and oxygen atoms in total. The van der Waals surface area contributed by atoms with Crippen molar-refractivity contribution < 1.29 is 27.1 Å². The number of rotatable bonds is 15. The zero-order chi connectivity index (χ0) is 21.8. The van der Waals surface area contributed by atoms with Crippen molar-refractivity contribution >= 4 is 16.4 Å². The Bertz CT molecular complexity index is 593. The van der Waals surface area contributed by atoms with Gasteiger partial charge >= 0.3 is 16.4 Å². The Morgan fingerprint density at radius 2 is 1.14 bits per heavy atom. The van der Waals surface area contributed by atoms with Crippen LogP contribution in [-0.2, 0) is 15.2 Å². The van der Waals surface area contributed by atoms with Crippen molar-refractivity contribution in [3.8, 4) is 5.75 Å². The molecule has 0 saturated carbocycles. The summed E-state index contributed by atoms with van der Waals surface area (Å²) >= 11 is 0. The van der Waals surface area contributed by atoms with Crippen molar-refractivity contribution in [3.05, 3.63) is 30.3 Å². The number of carbonyl (C=O) groups is 1. The molecule has 1 aromatic carbocycles. The third-order valence-electron chi connectivity index (χ3n) is 4.46. The van der Waals surface area contributed by atoms with Gasteiger partial charge in [-0.05, 0) is 18.6 Å². The number of esters is 1. The molecule has 0 unspecified atom stereocenters. The molecule has 0 bridgehead atoms. The highest BCUT2D eigenvalue weighted by atomic mass is 32.3. The van der Waals surface area contributed by atoms with Gasteiger partial charge in [0.15, 0.2) is 0 Å². The molecule has 0 heterocycles. The van der Waals surface area contributed by atoms with E-state index >= 15 is 0 Å². The monoisotopic (exact) mass is 430 g/mol. The lowest BCUT2D eigenvalue weighted by Gasteiger charge is -2.04. The highest BCUT2D eigenvalue weighted by Gasteiger charge is 2.03. The van der Waals surface area contributed by atoms with E-state index in [-0.39, 0.29) is 5.97 Å². The number of hydrogen-bond acceptors (Lipinski definition) is 4. The second kappa shape index (κ2) is 18.6. The number of carbonyl (C=O) groups excluding carboxylic acids is 1. The minimum atomic E-state index is -4.67. The second-order valence-corrected chi connectivity index (χ2v) is 8.12. The first-order valence-electron chi connectivity index (χ1n) is 10.8. The van der Waals surface area contributed by atoms with Gasteiger partial charge in [0.1, 0.15) is 5.75 Å². The first kappa shape index (κ1) is 27.6. The zero-order valence-electron chi connectivity index (χ0n) is 17.7. The summed E-state index contributed by atoms with van der Waals surface area (Å²) in [6.07, 6.45) is 17.7. The molecule has 0 saturated heterocycles. The predicted molar refractivity (Wildman–Crippen MR) is 117 cm³/mol. The Hall–Kier alpha value is -1.44. The lowest BCUT2D eigenvalue weighted by atomic mass is 10.0. The molecule has 0 atom stereocenters. The maximum atomic E-state index is 11.7. The molecule has 2 N–H and O–H groups in total. The van der Waals surface area contributed by atoms with Crippen molar-refractivity contribution in [3.63, 3.8) is 0 Å². The van der Waals surface area contributed by atoms with Crippen molar-refractivity contribution in [2.45, 2.75) is 96.8 Å². The topological polar surface area (TPSA) is 101 Å². The molecule has 1 aromatic rings. The van der Waals surface area contributed by atoms with Gasteiger partial charge < -0.3 is 4.74 Å². The van der Waals surface area contributed by atoms with Crippen LogP contribution >= 0.6 is 0 Å². The van der Waals surface area contributed by atoms with Crippen LogP contribution in [0.5, 0.6) is 5.75 Å². The molecule has 1 rings (SSSR count). The molecule has 0 aliphatic heterocycles. The number of ether oxygens (including phenoxy) is 1. The molecule has 0 amide bonds. The van der Waals surface area contributed by atoms with Gasteiger partial charge in [-0.2, -0.15) is 8.42 Å². The average molecular weight is 431 g/mol. The predicted octanol–water partition coefficient (Wildman–Crippen LogP) is 6.42. The van der Waals surface area contributed by atoms with Crippen LogP contribution in [0.2, 0.25) is 0 Å². The highest BCUT2D eigenvalue weighted by Crippen LogP contribution is 2.14. The van der Waals surface area contributed by atoms with E-state index in [1.54, 1.807) is 0 Å². The van der Waals surface area contributed by atoms with Gasteiger partial charge in [-0.25, -0.2) is 0 Å². The maximum Gasteiger partial charge on any atom is 0.394 e. The summed E-state index contributed by atoms with van der Waals surface area (Å²) in [7, 11) is -4.67. The van der Waals surface area contributed by atoms with E-state index in [2.05, 4.69) is 6.92 Å². The minimum Gasteiger partial charge on any atom is -0.427 e. The normalized spacial score (nSPS) is 10.9. The lowest BCUT2D eigenvalue weighted by Crippen LogP contribution is -2.07. The van der Waals surface area contributed by atoms with Crippen LogP contribution in [0.3, 0.4) is 0 Å². The number of unbranched alkanes of at least 4 members (excludes halogenated alkanes) is 12.